The minimum atomic E-state index is -0.0739. The van der Waals surface area contributed by atoms with Gasteiger partial charge in [-0.3, -0.25) is 9.48 Å². The summed E-state index contributed by atoms with van der Waals surface area (Å²) in [6.45, 7) is 5.83. The molecule has 5 rings (SSSR count). The molecule has 0 unspecified atom stereocenters. The first kappa shape index (κ1) is 20.3. The van der Waals surface area contributed by atoms with Gasteiger partial charge in [-0.2, -0.15) is 10.2 Å². The van der Waals surface area contributed by atoms with E-state index in [0.29, 0.717) is 11.6 Å². The molecule has 166 valence electrons. The Morgan fingerprint density at radius 3 is 2.53 bits per heavy atom. The number of nitrogens with zero attached hydrogens (tertiary/aromatic N) is 8. The summed E-state index contributed by atoms with van der Waals surface area (Å²) in [5.41, 5.74) is 2.67. The van der Waals surface area contributed by atoms with E-state index in [0.717, 1.165) is 53.9 Å². The Morgan fingerprint density at radius 2 is 1.81 bits per heavy atom. The molecule has 0 radical (unpaired) electrons. The van der Waals surface area contributed by atoms with Crippen LogP contribution in [-0.2, 0) is 7.05 Å². The molecule has 1 aliphatic rings. The third kappa shape index (κ3) is 3.65. The van der Waals surface area contributed by atoms with Gasteiger partial charge in [-0.25, -0.2) is 19.3 Å². The van der Waals surface area contributed by atoms with Crippen LogP contribution in [0, 0.1) is 20.8 Å². The third-order valence-corrected chi connectivity index (χ3v) is 6.12. The standard InChI is InChI=1S/C22H27N9O/c1-13-11-14(2)30(27-13)19-9-10-20(32)31(28-19)17-7-5-16(6-8-17)26-21-18-12-23-29(4)22(18)25-15(3)24-21/h9-12,16-17H,5-8H2,1-4H3,(H,24,25,26). The molecule has 0 amide bonds. The molecule has 4 heterocycles. The van der Waals surface area contributed by atoms with E-state index in [1.165, 1.54) is 0 Å². The molecule has 10 heteroatoms. The third-order valence-electron chi connectivity index (χ3n) is 6.12. The largest absolute Gasteiger partial charge is 0.367 e. The van der Waals surface area contributed by atoms with Crippen LogP contribution in [0.25, 0.3) is 16.9 Å². The number of hydrogen-bond acceptors (Lipinski definition) is 7. The van der Waals surface area contributed by atoms with Crippen molar-refractivity contribution in [3.05, 3.63) is 52.0 Å². The summed E-state index contributed by atoms with van der Waals surface area (Å²) in [6, 6.07) is 5.68. The van der Waals surface area contributed by atoms with Crippen molar-refractivity contribution in [3.63, 3.8) is 0 Å². The maximum absolute atomic E-state index is 12.6. The topological polar surface area (TPSA) is 108 Å². The van der Waals surface area contributed by atoms with Crippen molar-refractivity contribution in [2.45, 2.75) is 58.5 Å². The molecule has 1 saturated carbocycles. The van der Waals surface area contributed by atoms with Crippen LogP contribution < -0.4 is 10.9 Å². The summed E-state index contributed by atoms with van der Waals surface area (Å²) >= 11 is 0. The van der Waals surface area contributed by atoms with E-state index in [-0.39, 0.29) is 17.6 Å². The van der Waals surface area contributed by atoms with Crippen molar-refractivity contribution >= 4 is 16.9 Å². The van der Waals surface area contributed by atoms with Crippen molar-refractivity contribution in [2.75, 3.05) is 5.32 Å². The SMILES string of the molecule is Cc1cc(C)n(-c2ccc(=O)n(C3CCC(Nc4nc(C)nc5c4cnn5C)CC3)n2)n1. The lowest BCUT2D eigenvalue weighted by molar-refractivity contribution is 0.302. The van der Waals surface area contributed by atoms with E-state index in [1.54, 1.807) is 32.4 Å². The Kier molecular flexibility index (Phi) is 4.99. The average molecular weight is 434 g/mol. The Hall–Kier alpha value is -3.56. The molecule has 0 saturated heterocycles. The smallest absolute Gasteiger partial charge is 0.267 e. The first-order chi connectivity index (χ1) is 15.4. The summed E-state index contributed by atoms with van der Waals surface area (Å²) in [5.74, 6) is 2.21. The van der Waals surface area contributed by atoms with Crippen molar-refractivity contribution in [1.29, 1.82) is 0 Å². The van der Waals surface area contributed by atoms with Crippen LogP contribution in [0.1, 0.15) is 48.9 Å². The zero-order valence-electron chi connectivity index (χ0n) is 18.8. The quantitative estimate of drug-likeness (QED) is 0.527. The van der Waals surface area contributed by atoms with Crippen LogP contribution >= 0.6 is 0 Å². The maximum atomic E-state index is 12.6. The predicted octanol–water partition coefficient (Wildman–Crippen LogP) is 2.63. The van der Waals surface area contributed by atoms with Crippen molar-refractivity contribution in [1.82, 2.24) is 39.3 Å². The summed E-state index contributed by atoms with van der Waals surface area (Å²) in [6.07, 6.45) is 5.38. The normalized spacial score (nSPS) is 18.9. The molecule has 1 aliphatic carbocycles. The Morgan fingerprint density at radius 1 is 1.03 bits per heavy atom. The molecular formula is C22H27N9O. The van der Waals surface area contributed by atoms with Gasteiger partial charge < -0.3 is 5.32 Å². The highest BCUT2D eigenvalue weighted by molar-refractivity contribution is 5.86. The number of aryl methyl sites for hydroxylation is 4. The van der Waals surface area contributed by atoms with Crippen molar-refractivity contribution in [3.8, 4) is 5.82 Å². The molecule has 0 spiro atoms. The summed E-state index contributed by atoms with van der Waals surface area (Å²) in [5, 5.41) is 18.0. The zero-order chi connectivity index (χ0) is 22.4. The minimum absolute atomic E-state index is 0.0722. The molecule has 1 N–H and O–H groups in total. The predicted molar refractivity (Wildman–Crippen MR) is 121 cm³/mol. The second-order valence-electron chi connectivity index (χ2n) is 8.59. The number of anilines is 1. The van der Waals surface area contributed by atoms with Gasteiger partial charge in [0.25, 0.3) is 5.56 Å². The molecule has 0 bridgehead atoms. The number of hydrogen-bond donors (Lipinski definition) is 1. The summed E-state index contributed by atoms with van der Waals surface area (Å²) in [7, 11) is 1.88. The lowest BCUT2D eigenvalue weighted by atomic mass is 9.91. The molecule has 1 fully saturated rings. The van der Waals surface area contributed by atoms with Gasteiger partial charge in [-0.15, -0.1) is 5.10 Å². The number of nitrogens with one attached hydrogen (secondary N) is 1. The molecule has 4 aromatic rings. The van der Waals surface area contributed by atoms with Crippen molar-refractivity contribution < 1.29 is 0 Å². The Bertz CT molecular complexity index is 1340. The number of rotatable bonds is 4. The van der Waals surface area contributed by atoms with Gasteiger partial charge in [0, 0.05) is 24.8 Å². The highest BCUT2D eigenvalue weighted by atomic mass is 16.1. The van der Waals surface area contributed by atoms with Gasteiger partial charge in [-0.05, 0) is 58.6 Å². The summed E-state index contributed by atoms with van der Waals surface area (Å²) in [4.78, 5) is 21.7. The fourth-order valence-electron chi connectivity index (χ4n) is 4.55. The monoisotopic (exact) mass is 433 g/mol. The fourth-order valence-corrected chi connectivity index (χ4v) is 4.55. The van der Waals surface area contributed by atoms with Gasteiger partial charge in [0.2, 0.25) is 0 Å². The molecule has 0 aliphatic heterocycles. The molecular weight excluding hydrogens is 406 g/mol. The molecule has 4 aromatic heterocycles. The lowest BCUT2D eigenvalue weighted by Crippen LogP contribution is -2.34. The first-order valence-corrected chi connectivity index (χ1v) is 11.0. The zero-order valence-corrected chi connectivity index (χ0v) is 18.8. The van der Waals surface area contributed by atoms with Gasteiger partial charge in [0.15, 0.2) is 11.5 Å². The average Bonchev–Trinajstić information content (AvgIpc) is 3.30. The van der Waals surface area contributed by atoms with E-state index in [1.807, 2.05) is 33.9 Å². The van der Waals surface area contributed by atoms with Crippen LogP contribution in [0.4, 0.5) is 5.82 Å². The van der Waals surface area contributed by atoms with E-state index in [4.69, 9.17) is 0 Å². The van der Waals surface area contributed by atoms with E-state index in [2.05, 4.69) is 30.6 Å². The lowest BCUT2D eigenvalue weighted by Gasteiger charge is -2.30. The van der Waals surface area contributed by atoms with Crippen LogP contribution in [0.3, 0.4) is 0 Å². The Labute approximate surface area is 185 Å². The van der Waals surface area contributed by atoms with E-state index in [9.17, 15) is 4.79 Å². The van der Waals surface area contributed by atoms with Gasteiger partial charge in [0.1, 0.15) is 11.6 Å². The first-order valence-electron chi connectivity index (χ1n) is 11.0. The maximum Gasteiger partial charge on any atom is 0.267 e. The van der Waals surface area contributed by atoms with E-state index < -0.39 is 0 Å². The second kappa shape index (κ2) is 7.85. The highest BCUT2D eigenvalue weighted by Gasteiger charge is 2.25. The van der Waals surface area contributed by atoms with Crippen LogP contribution in [-0.4, -0.2) is 45.4 Å². The van der Waals surface area contributed by atoms with E-state index >= 15 is 0 Å². The molecule has 0 atom stereocenters. The molecule has 10 nitrogen and oxygen atoms in total. The van der Waals surface area contributed by atoms with Gasteiger partial charge >= 0.3 is 0 Å². The second-order valence-corrected chi connectivity index (χ2v) is 8.59. The number of fused-ring (bicyclic) bond motifs is 1. The van der Waals surface area contributed by atoms with Gasteiger partial charge in [-0.1, -0.05) is 0 Å². The molecule has 32 heavy (non-hydrogen) atoms. The Balaban J connectivity index is 1.33. The van der Waals surface area contributed by atoms with Crippen molar-refractivity contribution in [2.24, 2.45) is 7.05 Å². The van der Waals surface area contributed by atoms with Crippen LogP contribution in [0.5, 0.6) is 0 Å². The van der Waals surface area contributed by atoms with Crippen LogP contribution in [0.15, 0.2) is 29.2 Å². The van der Waals surface area contributed by atoms with Gasteiger partial charge in [0.05, 0.1) is 23.3 Å². The summed E-state index contributed by atoms with van der Waals surface area (Å²) < 4.78 is 5.19. The highest BCUT2D eigenvalue weighted by Crippen LogP contribution is 2.30. The van der Waals surface area contributed by atoms with Crippen LogP contribution in [0.2, 0.25) is 0 Å². The minimum Gasteiger partial charge on any atom is -0.367 e. The fraction of sp³-hybridized carbons (Fsp3) is 0.455. The molecule has 0 aromatic carbocycles. The number of aromatic nitrogens is 8.